The summed E-state index contributed by atoms with van der Waals surface area (Å²) in [5.41, 5.74) is 0. The van der Waals surface area contributed by atoms with E-state index in [1.54, 1.807) is 18.7 Å². The van der Waals surface area contributed by atoms with Crippen molar-refractivity contribution < 1.29 is 19.4 Å². The van der Waals surface area contributed by atoms with E-state index in [0.717, 1.165) is 12.8 Å². The minimum atomic E-state index is -0.998. The number of ether oxygens (including phenoxy) is 1. The molecule has 0 radical (unpaired) electrons. The predicted molar refractivity (Wildman–Crippen MR) is 71.0 cm³/mol. The van der Waals surface area contributed by atoms with Gasteiger partial charge in [0.2, 0.25) is 0 Å². The number of rotatable bonds is 5. The van der Waals surface area contributed by atoms with Gasteiger partial charge in [-0.3, -0.25) is 0 Å². The average molecular weight is 272 g/mol. The maximum atomic E-state index is 12.1. The van der Waals surface area contributed by atoms with Crippen molar-refractivity contribution in [2.45, 2.75) is 45.8 Å². The SMILES string of the molecule is CCOC1CCCN(C(=O)N[C@H](C(=O)O)C(C)C)C1. The van der Waals surface area contributed by atoms with Crippen LogP contribution in [0.15, 0.2) is 0 Å². The summed E-state index contributed by atoms with van der Waals surface area (Å²) in [5.74, 6) is -1.14. The first-order valence-corrected chi connectivity index (χ1v) is 6.85. The Hall–Kier alpha value is -1.30. The van der Waals surface area contributed by atoms with Crippen molar-refractivity contribution in [3.63, 3.8) is 0 Å². The van der Waals surface area contributed by atoms with E-state index in [9.17, 15) is 9.59 Å². The van der Waals surface area contributed by atoms with Crippen LogP contribution in [0.3, 0.4) is 0 Å². The smallest absolute Gasteiger partial charge is 0.326 e. The fraction of sp³-hybridized carbons (Fsp3) is 0.846. The third kappa shape index (κ3) is 4.70. The molecule has 0 spiro atoms. The standard InChI is InChI=1S/C13H24N2O4/c1-4-19-10-6-5-7-15(8-10)13(18)14-11(9(2)3)12(16)17/h9-11H,4-8H2,1-3H3,(H,14,18)(H,16,17)/t10?,11-/m0/s1. The van der Waals surface area contributed by atoms with Crippen molar-refractivity contribution in [1.82, 2.24) is 10.2 Å². The Bertz CT molecular complexity index is 318. The normalized spacial score (nSPS) is 21.3. The molecule has 1 saturated heterocycles. The largest absolute Gasteiger partial charge is 0.480 e. The lowest BCUT2D eigenvalue weighted by Crippen LogP contribution is -2.53. The molecule has 0 aliphatic carbocycles. The van der Waals surface area contributed by atoms with Gasteiger partial charge in [0.15, 0.2) is 0 Å². The molecule has 1 fully saturated rings. The van der Waals surface area contributed by atoms with Gasteiger partial charge in [-0.25, -0.2) is 9.59 Å². The molecule has 2 N–H and O–H groups in total. The van der Waals surface area contributed by atoms with E-state index in [0.29, 0.717) is 19.7 Å². The van der Waals surface area contributed by atoms with Crippen molar-refractivity contribution in [3.05, 3.63) is 0 Å². The van der Waals surface area contributed by atoms with Crippen LogP contribution in [0, 0.1) is 5.92 Å². The number of piperidine rings is 1. The fourth-order valence-corrected chi connectivity index (χ4v) is 2.23. The number of carboxylic acid groups (broad SMARTS) is 1. The van der Waals surface area contributed by atoms with Gasteiger partial charge in [0, 0.05) is 19.7 Å². The highest BCUT2D eigenvalue weighted by atomic mass is 16.5. The highest BCUT2D eigenvalue weighted by Gasteiger charge is 2.28. The van der Waals surface area contributed by atoms with Crippen molar-refractivity contribution >= 4 is 12.0 Å². The van der Waals surface area contributed by atoms with Gasteiger partial charge in [-0.2, -0.15) is 0 Å². The quantitative estimate of drug-likeness (QED) is 0.791. The molecule has 110 valence electrons. The topological polar surface area (TPSA) is 78.9 Å². The third-order valence-electron chi connectivity index (χ3n) is 3.28. The number of nitrogens with zero attached hydrogens (tertiary/aromatic N) is 1. The number of carbonyl (C=O) groups is 2. The van der Waals surface area contributed by atoms with Crippen LogP contribution < -0.4 is 5.32 Å². The zero-order chi connectivity index (χ0) is 14.4. The van der Waals surface area contributed by atoms with E-state index in [-0.39, 0.29) is 18.1 Å². The second-order valence-electron chi connectivity index (χ2n) is 5.18. The maximum absolute atomic E-state index is 12.1. The number of likely N-dealkylation sites (tertiary alicyclic amines) is 1. The van der Waals surface area contributed by atoms with Crippen LogP contribution in [0.4, 0.5) is 4.79 Å². The maximum Gasteiger partial charge on any atom is 0.326 e. The van der Waals surface area contributed by atoms with Crippen molar-refractivity contribution in [1.29, 1.82) is 0 Å². The Morgan fingerprint density at radius 1 is 1.47 bits per heavy atom. The van der Waals surface area contributed by atoms with Gasteiger partial charge in [0.05, 0.1) is 6.10 Å². The van der Waals surface area contributed by atoms with Gasteiger partial charge in [0.1, 0.15) is 6.04 Å². The molecule has 0 saturated carbocycles. The summed E-state index contributed by atoms with van der Waals surface area (Å²) in [5, 5.41) is 11.6. The number of carboxylic acids is 1. The number of carbonyl (C=O) groups excluding carboxylic acids is 1. The molecule has 1 rings (SSSR count). The first kappa shape index (κ1) is 15.8. The lowest BCUT2D eigenvalue weighted by Gasteiger charge is -2.33. The third-order valence-corrected chi connectivity index (χ3v) is 3.28. The molecule has 6 heteroatoms. The molecule has 1 aliphatic heterocycles. The van der Waals surface area contributed by atoms with Crippen molar-refractivity contribution in [2.24, 2.45) is 5.92 Å². The molecule has 19 heavy (non-hydrogen) atoms. The van der Waals surface area contributed by atoms with E-state index in [1.807, 2.05) is 6.92 Å². The summed E-state index contributed by atoms with van der Waals surface area (Å²) in [7, 11) is 0. The molecule has 1 unspecified atom stereocenters. The molecular weight excluding hydrogens is 248 g/mol. The highest BCUT2D eigenvalue weighted by Crippen LogP contribution is 2.14. The predicted octanol–water partition coefficient (Wildman–Crippen LogP) is 1.31. The summed E-state index contributed by atoms with van der Waals surface area (Å²) in [6, 6.07) is -1.16. The van der Waals surface area contributed by atoms with Crippen LogP contribution in [0.2, 0.25) is 0 Å². The minimum absolute atomic E-state index is 0.0619. The average Bonchev–Trinajstić information content (AvgIpc) is 2.35. The molecule has 0 aromatic heterocycles. The van der Waals surface area contributed by atoms with Crippen molar-refractivity contribution in [3.8, 4) is 0 Å². The van der Waals surface area contributed by atoms with Gasteiger partial charge < -0.3 is 20.1 Å². The van der Waals surface area contributed by atoms with Crippen LogP contribution in [0.5, 0.6) is 0 Å². The van der Waals surface area contributed by atoms with Crippen LogP contribution in [-0.4, -0.2) is 53.8 Å². The van der Waals surface area contributed by atoms with Gasteiger partial charge in [-0.1, -0.05) is 13.8 Å². The Labute approximate surface area is 114 Å². The highest BCUT2D eigenvalue weighted by molar-refractivity contribution is 5.82. The number of nitrogens with one attached hydrogen (secondary N) is 1. The Balaban J connectivity index is 2.54. The van der Waals surface area contributed by atoms with Crippen molar-refractivity contribution in [2.75, 3.05) is 19.7 Å². The summed E-state index contributed by atoms with van der Waals surface area (Å²) in [6.45, 7) is 7.29. The summed E-state index contributed by atoms with van der Waals surface area (Å²) in [6.07, 6.45) is 1.90. The minimum Gasteiger partial charge on any atom is -0.480 e. The van der Waals surface area contributed by atoms with Crippen LogP contribution in [-0.2, 0) is 9.53 Å². The van der Waals surface area contributed by atoms with Gasteiger partial charge in [-0.05, 0) is 25.7 Å². The van der Waals surface area contributed by atoms with E-state index in [4.69, 9.17) is 9.84 Å². The lowest BCUT2D eigenvalue weighted by atomic mass is 10.0. The molecule has 0 aromatic carbocycles. The summed E-state index contributed by atoms with van der Waals surface area (Å²) < 4.78 is 5.53. The molecule has 2 atom stereocenters. The monoisotopic (exact) mass is 272 g/mol. The summed E-state index contributed by atoms with van der Waals surface area (Å²) in [4.78, 5) is 24.8. The first-order chi connectivity index (χ1) is 8.95. The second-order valence-corrected chi connectivity index (χ2v) is 5.18. The molecule has 2 amide bonds. The second kappa shape index (κ2) is 7.33. The van der Waals surface area contributed by atoms with E-state index in [1.165, 1.54) is 0 Å². The molecular formula is C13H24N2O4. The van der Waals surface area contributed by atoms with Gasteiger partial charge in [0.25, 0.3) is 0 Å². The van der Waals surface area contributed by atoms with Crippen LogP contribution in [0.25, 0.3) is 0 Å². The fourth-order valence-electron chi connectivity index (χ4n) is 2.23. The number of aliphatic carboxylic acids is 1. The Kier molecular flexibility index (Phi) is 6.08. The molecule has 1 heterocycles. The Morgan fingerprint density at radius 2 is 2.16 bits per heavy atom. The molecule has 0 aromatic rings. The Morgan fingerprint density at radius 3 is 2.68 bits per heavy atom. The summed E-state index contributed by atoms with van der Waals surface area (Å²) >= 11 is 0. The number of urea groups is 1. The lowest BCUT2D eigenvalue weighted by molar-refractivity contribution is -0.140. The number of hydrogen-bond acceptors (Lipinski definition) is 3. The van der Waals surface area contributed by atoms with Crippen LogP contribution >= 0.6 is 0 Å². The molecule has 6 nitrogen and oxygen atoms in total. The van der Waals surface area contributed by atoms with Gasteiger partial charge in [-0.15, -0.1) is 0 Å². The van der Waals surface area contributed by atoms with Gasteiger partial charge >= 0.3 is 12.0 Å². The van der Waals surface area contributed by atoms with E-state index < -0.39 is 12.0 Å². The number of amides is 2. The zero-order valence-electron chi connectivity index (χ0n) is 11.9. The molecule has 0 bridgehead atoms. The zero-order valence-corrected chi connectivity index (χ0v) is 11.9. The van der Waals surface area contributed by atoms with E-state index in [2.05, 4.69) is 5.32 Å². The van der Waals surface area contributed by atoms with E-state index >= 15 is 0 Å². The molecule has 1 aliphatic rings. The number of hydrogen-bond donors (Lipinski definition) is 2. The van der Waals surface area contributed by atoms with Crippen LogP contribution in [0.1, 0.15) is 33.6 Å². The first-order valence-electron chi connectivity index (χ1n) is 6.85.